The Morgan fingerprint density at radius 1 is 0.840 bits per heavy atom. The van der Waals surface area contributed by atoms with Gasteiger partial charge in [-0.25, -0.2) is 9.59 Å². The fraction of sp³-hybridized carbons (Fsp3) is 0.649. The quantitative estimate of drug-likeness (QED) is 0.0441. The summed E-state index contributed by atoms with van der Waals surface area (Å²) in [7, 11) is -1.17. The number of ketones is 1. The van der Waals surface area contributed by atoms with Crippen LogP contribution in [0.2, 0.25) is 0 Å². The smallest absolute Gasteiger partial charge is 0.407 e. The monoisotopic (exact) mass is 1060 g/mol. The molecule has 0 bridgehead atoms. The van der Waals surface area contributed by atoms with Crippen LogP contribution in [-0.2, 0) is 57.2 Å². The second kappa shape index (κ2) is 28.3. The van der Waals surface area contributed by atoms with Crippen molar-refractivity contribution in [3.8, 4) is 0 Å². The Hall–Kier alpha value is -5.17. The van der Waals surface area contributed by atoms with Gasteiger partial charge < -0.3 is 45.6 Å². The van der Waals surface area contributed by atoms with Gasteiger partial charge in [0.25, 0.3) is 0 Å². The van der Waals surface area contributed by atoms with Gasteiger partial charge in [-0.1, -0.05) is 107 Å². The van der Waals surface area contributed by atoms with Crippen LogP contribution in [0.1, 0.15) is 125 Å². The maximum absolute atomic E-state index is 14.8. The van der Waals surface area contributed by atoms with E-state index in [4.69, 9.17) is 14.2 Å². The van der Waals surface area contributed by atoms with E-state index < -0.39 is 75.8 Å². The molecule has 3 aliphatic heterocycles. The van der Waals surface area contributed by atoms with Gasteiger partial charge in [-0.3, -0.25) is 23.4 Å². The summed E-state index contributed by atoms with van der Waals surface area (Å²) in [6, 6.07) is 16.3. The number of ether oxygens (including phenoxy) is 3. The number of nitrogens with zero attached hydrogens (tertiary/aromatic N) is 2. The van der Waals surface area contributed by atoms with Gasteiger partial charge in [0.05, 0.1) is 37.0 Å². The first-order chi connectivity index (χ1) is 35.4. The van der Waals surface area contributed by atoms with Crippen LogP contribution in [0.5, 0.6) is 0 Å². The van der Waals surface area contributed by atoms with Crippen molar-refractivity contribution in [1.29, 1.82) is 0 Å². The van der Waals surface area contributed by atoms with Crippen LogP contribution in [0.3, 0.4) is 0 Å². The van der Waals surface area contributed by atoms with Crippen molar-refractivity contribution in [2.45, 2.75) is 162 Å². The number of Topliss-reactive ketones (excluding diaryl/α,β-unsaturated/α-hetero) is 1. The summed E-state index contributed by atoms with van der Waals surface area (Å²) in [5.74, 6) is -2.28. The van der Waals surface area contributed by atoms with Gasteiger partial charge in [0.2, 0.25) is 17.7 Å². The van der Waals surface area contributed by atoms with Crippen LogP contribution in [0, 0.1) is 29.1 Å². The van der Waals surface area contributed by atoms with Crippen LogP contribution >= 0.6 is 0 Å². The second-order valence-corrected chi connectivity index (χ2v) is 24.8. The Morgan fingerprint density at radius 3 is 2.08 bits per heavy atom. The number of amides is 5. The van der Waals surface area contributed by atoms with Crippen molar-refractivity contribution >= 4 is 46.5 Å². The molecular weight excluding hydrogens is 977 g/mol. The second-order valence-electron chi connectivity index (χ2n) is 23.2. The van der Waals surface area contributed by atoms with E-state index in [1.54, 1.807) is 4.90 Å². The summed E-state index contributed by atoms with van der Waals surface area (Å²) >= 11 is 0. The molecule has 0 spiro atoms. The Bertz CT molecular complexity index is 2240. The molecule has 3 heterocycles. The zero-order valence-corrected chi connectivity index (χ0v) is 46.7. The first-order valence-corrected chi connectivity index (χ1v) is 28.4. The fourth-order valence-electron chi connectivity index (χ4n) is 10.5. The Labute approximate surface area is 447 Å². The molecule has 0 radical (unpaired) electrons. The predicted molar refractivity (Wildman–Crippen MR) is 289 cm³/mol. The van der Waals surface area contributed by atoms with E-state index >= 15 is 0 Å². The van der Waals surface area contributed by atoms with E-state index in [-0.39, 0.29) is 73.3 Å². The summed E-state index contributed by atoms with van der Waals surface area (Å²) in [5, 5.41) is 24.0. The van der Waals surface area contributed by atoms with Crippen molar-refractivity contribution in [2.24, 2.45) is 29.1 Å². The minimum atomic E-state index is -1.17. The molecule has 18 heteroatoms. The van der Waals surface area contributed by atoms with Gasteiger partial charge in [-0.05, 0) is 102 Å². The fourth-order valence-corrected chi connectivity index (χ4v) is 11.9. The summed E-state index contributed by atoms with van der Waals surface area (Å²) in [5.41, 5.74) is 0.362. The molecule has 6 atom stereocenters. The molecule has 3 saturated heterocycles. The van der Waals surface area contributed by atoms with Crippen molar-refractivity contribution in [2.75, 3.05) is 44.4 Å². The van der Waals surface area contributed by atoms with E-state index in [2.05, 4.69) is 21.3 Å². The Balaban J connectivity index is 1.26. The summed E-state index contributed by atoms with van der Waals surface area (Å²) < 4.78 is 28.8. The molecule has 5 rings (SSSR count). The van der Waals surface area contributed by atoms with E-state index in [1.165, 1.54) is 5.06 Å². The molecule has 75 heavy (non-hydrogen) atoms. The van der Waals surface area contributed by atoms with Crippen molar-refractivity contribution < 1.29 is 52.4 Å². The molecule has 5 amide bonds. The summed E-state index contributed by atoms with van der Waals surface area (Å²) in [4.78, 5) is 85.1. The summed E-state index contributed by atoms with van der Waals surface area (Å²) in [6.45, 7) is 19.2. The highest BCUT2D eigenvalue weighted by Crippen LogP contribution is 2.37. The molecule has 0 aromatic heterocycles. The number of hydrogen-bond donors (Lipinski definition) is 5. The molecule has 17 nitrogen and oxygen atoms in total. The maximum atomic E-state index is 14.8. The molecule has 5 N–H and O–H groups in total. The molecule has 3 fully saturated rings. The first-order valence-electron chi connectivity index (χ1n) is 26.9. The molecule has 0 aliphatic carbocycles. The summed E-state index contributed by atoms with van der Waals surface area (Å²) in [6.07, 6.45) is 5.60. The minimum absolute atomic E-state index is 0.00164. The molecule has 416 valence electrons. The number of alkyl carbamates (subject to hydrolysis) is 2. The van der Waals surface area contributed by atoms with E-state index in [0.29, 0.717) is 70.5 Å². The predicted octanol–water partition coefficient (Wildman–Crippen LogP) is 7.27. The van der Waals surface area contributed by atoms with Crippen molar-refractivity contribution in [3.63, 3.8) is 0 Å². The SMILES string of the molecule is CC(C)C[C@@H](/C=C/[C@H](Cc1ccccc1)C(=O)N1CCC[C@H]1C(=O)C[C@H](C(=O)N[C@@H](CCCNC(=O)OCc1ccccc1)C(=O)NC1CC(C)(C)N(O)C(C)(C)C1)C(C)C)NC(=O)OCCS(=O)CC1(C)COC1. The van der Waals surface area contributed by atoms with Crippen LogP contribution in [0.4, 0.5) is 9.59 Å². The third kappa shape index (κ3) is 19.1. The van der Waals surface area contributed by atoms with Crippen molar-refractivity contribution in [1.82, 2.24) is 31.2 Å². The number of carbonyl (C=O) groups is 6. The van der Waals surface area contributed by atoms with E-state index in [9.17, 15) is 38.2 Å². The van der Waals surface area contributed by atoms with Gasteiger partial charge in [-0.15, -0.1) is 0 Å². The van der Waals surface area contributed by atoms with E-state index in [1.807, 2.05) is 135 Å². The minimum Gasteiger partial charge on any atom is -0.449 e. The zero-order chi connectivity index (χ0) is 54.9. The highest BCUT2D eigenvalue weighted by Gasteiger charge is 2.46. The Kier molecular flexibility index (Phi) is 22.9. The molecule has 1 unspecified atom stereocenters. The topological polar surface area (TPSA) is 222 Å². The molecular formula is C57H86N6O11S. The molecule has 0 saturated carbocycles. The van der Waals surface area contributed by atoms with Crippen LogP contribution < -0.4 is 21.3 Å². The first kappa shape index (κ1) is 60.7. The average Bonchev–Trinajstić information content (AvgIpc) is 3.84. The third-order valence-electron chi connectivity index (χ3n) is 14.4. The zero-order valence-electron chi connectivity index (χ0n) is 45.9. The van der Waals surface area contributed by atoms with Gasteiger partial charge in [0.15, 0.2) is 5.78 Å². The Morgan fingerprint density at radius 2 is 1.48 bits per heavy atom. The van der Waals surface area contributed by atoms with Crippen LogP contribution in [0.15, 0.2) is 72.8 Å². The lowest BCUT2D eigenvalue weighted by Gasteiger charge is -2.51. The standard InChI is InChI=1S/C57H86N6O11S/c1-39(2)30-44(60-54(69)73-28-29-75(71)38-57(9)36-72-37-57)25-24-43(31-41-18-12-10-13-19-41)52(67)62-27-17-23-48(62)49(64)32-46(40(3)4)50(65)61-47(22-16-26-58-53(68)74-35-42-20-14-11-15-21-42)51(66)59-45-33-55(5,6)63(70)56(7,8)34-45/h10-15,18-21,24-25,39-40,43-48,70H,16-17,22-23,26-38H2,1-9H3,(H,58,68)(H,59,66)(H,60,69)(H,61,65)/b25-24+/t43-,44-,46+,47+,48+,75?/m1/s1. The highest BCUT2D eigenvalue weighted by atomic mass is 32.2. The molecule has 2 aromatic rings. The largest absolute Gasteiger partial charge is 0.449 e. The van der Waals surface area contributed by atoms with Crippen LogP contribution in [0.25, 0.3) is 0 Å². The average molecular weight is 1060 g/mol. The number of hydrogen-bond acceptors (Lipinski definition) is 12. The lowest BCUT2D eigenvalue weighted by molar-refractivity contribution is -0.246. The van der Waals surface area contributed by atoms with Crippen molar-refractivity contribution in [3.05, 3.63) is 83.9 Å². The number of benzene rings is 2. The number of nitrogens with one attached hydrogen (secondary N) is 4. The number of hydroxylamine groups is 2. The maximum Gasteiger partial charge on any atom is 0.407 e. The van der Waals surface area contributed by atoms with Gasteiger partial charge >= 0.3 is 12.2 Å². The number of piperidine rings is 1. The number of rotatable bonds is 27. The van der Waals surface area contributed by atoms with Gasteiger partial charge in [0.1, 0.15) is 19.3 Å². The lowest BCUT2D eigenvalue weighted by atomic mass is 9.79. The molecule has 2 aromatic carbocycles. The van der Waals surface area contributed by atoms with Crippen LogP contribution in [-0.4, -0.2) is 135 Å². The number of carbonyl (C=O) groups excluding carboxylic acids is 6. The molecule has 3 aliphatic rings. The third-order valence-corrected chi connectivity index (χ3v) is 16.1. The van der Waals surface area contributed by atoms with E-state index in [0.717, 1.165) is 11.1 Å². The lowest BCUT2D eigenvalue weighted by Crippen LogP contribution is -2.64. The van der Waals surface area contributed by atoms with Gasteiger partial charge in [0, 0.05) is 64.5 Å². The highest BCUT2D eigenvalue weighted by molar-refractivity contribution is 7.85. The number of likely N-dealkylation sites (tertiary alicyclic amines) is 1. The van der Waals surface area contributed by atoms with Gasteiger partial charge in [-0.2, -0.15) is 5.06 Å². The normalized spacial score (nSPS) is 20.3.